The summed E-state index contributed by atoms with van der Waals surface area (Å²) in [6.07, 6.45) is 2.10. The second-order valence-corrected chi connectivity index (χ2v) is 5.48. The molecule has 0 saturated heterocycles. The number of aliphatic carboxylic acids is 1. The number of carboxylic acid groups (broad SMARTS) is 1. The number of pyridine rings is 1. The number of rotatable bonds is 5. The molecular formula is C15H20N4O3. The highest BCUT2D eigenvalue weighted by atomic mass is 16.4. The number of aryl methyl sites for hydroxylation is 2. The highest BCUT2D eigenvalue weighted by Crippen LogP contribution is 2.17. The molecule has 2 aromatic rings. The molecular weight excluding hydrogens is 284 g/mol. The molecule has 7 nitrogen and oxygen atoms in total. The number of carboxylic acids is 1. The van der Waals surface area contributed by atoms with E-state index in [2.05, 4.69) is 15.4 Å². The van der Waals surface area contributed by atoms with Gasteiger partial charge in [-0.3, -0.25) is 9.48 Å². The molecule has 0 aliphatic rings. The largest absolute Gasteiger partial charge is 0.480 e. The van der Waals surface area contributed by atoms with Gasteiger partial charge in [-0.05, 0) is 18.9 Å². The van der Waals surface area contributed by atoms with Gasteiger partial charge in [-0.2, -0.15) is 5.10 Å². The Morgan fingerprint density at radius 2 is 2.14 bits per heavy atom. The van der Waals surface area contributed by atoms with Gasteiger partial charge in [-0.1, -0.05) is 20.3 Å². The molecule has 2 rings (SSSR count). The van der Waals surface area contributed by atoms with Crippen LogP contribution in [0, 0.1) is 12.8 Å². The summed E-state index contributed by atoms with van der Waals surface area (Å²) in [5.74, 6) is -1.63. The van der Waals surface area contributed by atoms with Crippen molar-refractivity contribution in [3.63, 3.8) is 0 Å². The second-order valence-electron chi connectivity index (χ2n) is 5.48. The molecule has 7 heteroatoms. The minimum Gasteiger partial charge on any atom is -0.480 e. The number of hydrogen-bond donors (Lipinski definition) is 2. The molecule has 118 valence electrons. The Bertz CT molecular complexity index is 723. The maximum absolute atomic E-state index is 12.3. The third kappa shape index (κ3) is 2.93. The molecule has 2 N–H and O–H groups in total. The van der Waals surface area contributed by atoms with Gasteiger partial charge in [0, 0.05) is 18.6 Å². The molecule has 0 aliphatic heterocycles. The Balaban J connectivity index is 2.29. The predicted octanol–water partition coefficient (Wildman–Crippen LogP) is 1.51. The number of fused-ring (bicyclic) bond motifs is 1. The van der Waals surface area contributed by atoms with Crippen LogP contribution in [0.5, 0.6) is 0 Å². The summed E-state index contributed by atoms with van der Waals surface area (Å²) in [7, 11) is 1.78. The smallest absolute Gasteiger partial charge is 0.326 e. The molecule has 2 aromatic heterocycles. The van der Waals surface area contributed by atoms with Gasteiger partial charge in [0.15, 0.2) is 5.65 Å². The lowest BCUT2D eigenvalue weighted by atomic mass is 9.99. The van der Waals surface area contributed by atoms with Crippen LogP contribution >= 0.6 is 0 Å². The van der Waals surface area contributed by atoms with E-state index < -0.39 is 17.9 Å². The third-order valence-corrected chi connectivity index (χ3v) is 3.89. The van der Waals surface area contributed by atoms with Crippen LogP contribution in [0.4, 0.5) is 0 Å². The van der Waals surface area contributed by atoms with Crippen molar-refractivity contribution < 1.29 is 14.7 Å². The number of carbonyl (C=O) groups excluding carboxylic acids is 1. The zero-order chi connectivity index (χ0) is 16.4. The van der Waals surface area contributed by atoms with Gasteiger partial charge in [-0.25, -0.2) is 9.78 Å². The lowest BCUT2D eigenvalue weighted by molar-refractivity contribution is -0.140. The molecule has 0 saturated carbocycles. The highest BCUT2D eigenvalue weighted by Gasteiger charge is 2.26. The number of aromatic nitrogens is 3. The van der Waals surface area contributed by atoms with Crippen LogP contribution in [0.25, 0.3) is 11.0 Å². The minimum atomic E-state index is -1.03. The van der Waals surface area contributed by atoms with Gasteiger partial charge >= 0.3 is 5.97 Å². The summed E-state index contributed by atoms with van der Waals surface area (Å²) < 4.78 is 1.64. The van der Waals surface area contributed by atoms with Crippen molar-refractivity contribution in [2.24, 2.45) is 13.0 Å². The van der Waals surface area contributed by atoms with Gasteiger partial charge in [0.05, 0.1) is 11.3 Å². The molecule has 0 bridgehead atoms. The maximum Gasteiger partial charge on any atom is 0.326 e. The first-order valence-electron chi connectivity index (χ1n) is 7.18. The highest BCUT2D eigenvalue weighted by molar-refractivity contribution is 5.99. The van der Waals surface area contributed by atoms with Gasteiger partial charge in [-0.15, -0.1) is 0 Å². The van der Waals surface area contributed by atoms with E-state index in [0.29, 0.717) is 17.6 Å². The molecule has 0 aromatic carbocycles. The van der Waals surface area contributed by atoms with E-state index >= 15 is 0 Å². The number of amides is 1. The first-order chi connectivity index (χ1) is 10.3. The molecule has 0 spiro atoms. The van der Waals surface area contributed by atoms with Gasteiger partial charge < -0.3 is 10.4 Å². The molecule has 0 fully saturated rings. The van der Waals surface area contributed by atoms with Crippen LogP contribution in [0.2, 0.25) is 0 Å². The fourth-order valence-corrected chi connectivity index (χ4v) is 2.34. The average Bonchev–Trinajstić information content (AvgIpc) is 2.77. The van der Waals surface area contributed by atoms with Crippen molar-refractivity contribution in [3.05, 3.63) is 23.5 Å². The number of nitrogens with one attached hydrogen (secondary N) is 1. The van der Waals surface area contributed by atoms with Crippen LogP contribution in [0.1, 0.15) is 36.3 Å². The molecule has 1 amide bonds. The summed E-state index contributed by atoms with van der Waals surface area (Å²) in [4.78, 5) is 27.8. The molecule has 0 aliphatic carbocycles. The number of hydrogen-bond acceptors (Lipinski definition) is 4. The number of nitrogens with zero attached hydrogens (tertiary/aromatic N) is 3. The summed E-state index contributed by atoms with van der Waals surface area (Å²) >= 11 is 0. The van der Waals surface area contributed by atoms with Gasteiger partial charge in [0.1, 0.15) is 6.04 Å². The SMILES string of the molecule is CC[C@H](C)[C@H](NC(=O)c1cnc2c(c1)c(C)nn2C)C(=O)O. The zero-order valence-electron chi connectivity index (χ0n) is 13.1. The van der Waals surface area contributed by atoms with Crippen LogP contribution in [-0.4, -0.2) is 37.8 Å². The summed E-state index contributed by atoms with van der Waals surface area (Å²) in [5.41, 5.74) is 1.79. The molecule has 2 heterocycles. The van der Waals surface area contributed by atoms with E-state index in [1.807, 2.05) is 13.8 Å². The summed E-state index contributed by atoms with van der Waals surface area (Å²) in [6, 6.07) is 0.776. The van der Waals surface area contributed by atoms with E-state index in [9.17, 15) is 14.7 Å². The summed E-state index contributed by atoms with van der Waals surface area (Å²) in [5, 5.41) is 16.8. The Morgan fingerprint density at radius 3 is 2.73 bits per heavy atom. The van der Waals surface area contributed by atoms with Crippen LogP contribution in [0.3, 0.4) is 0 Å². The molecule has 0 radical (unpaired) electrons. The van der Waals surface area contributed by atoms with E-state index in [1.54, 1.807) is 24.7 Å². The lowest BCUT2D eigenvalue weighted by Crippen LogP contribution is -2.45. The number of carbonyl (C=O) groups is 2. The van der Waals surface area contributed by atoms with E-state index in [0.717, 1.165) is 11.1 Å². The molecule has 2 atom stereocenters. The minimum absolute atomic E-state index is 0.154. The normalized spacial score (nSPS) is 13.8. The standard InChI is InChI=1S/C15H20N4O3/c1-5-8(2)12(15(21)22)17-14(20)10-6-11-9(3)18-19(4)13(11)16-7-10/h6-8,12H,5H2,1-4H3,(H,17,20)(H,21,22)/t8-,12-/m0/s1. The van der Waals surface area contributed by atoms with Crippen molar-refractivity contribution in [1.82, 2.24) is 20.1 Å². The van der Waals surface area contributed by atoms with E-state index in [-0.39, 0.29) is 5.92 Å². The van der Waals surface area contributed by atoms with Crippen LogP contribution in [0.15, 0.2) is 12.3 Å². The average molecular weight is 304 g/mol. The monoisotopic (exact) mass is 304 g/mol. The fraction of sp³-hybridized carbons (Fsp3) is 0.467. The zero-order valence-corrected chi connectivity index (χ0v) is 13.1. The first kappa shape index (κ1) is 15.9. The Hall–Kier alpha value is -2.44. The summed E-state index contributed by atoms with van der Waals surface area (Å²) in [6.45, 7) is 5.52. The Morgan fingerprint density at radius 1 is 1.45 bits per heavy atom. The Kier molecular flexibility index (Phi) is 4.44. The van der Waals surface area contributed by atoms with E-state index in [4.69, 9.17) is 0 Å². The predicted molar refractivity (Wildman–Crippen MR) is 81.6 cm³/mol. The first-order valence-corrected chi connectivity index (χ1v) is 7.18. The maximum atomic E-state index is 12.3. The van der Waals surface area contributed by atoms with Crippen LogP contribution < -0.4 is 5.32 Å². The third-order valence-electron chi connectivity index (χ3n) is 3.89. The van der Waals surface area contributed by atoms with Crippen molar-refractivity contribution in [2.45, 2.75) is 33.2 Å². The Labute approximate surface area is 128 Å². The van der Waals surface area contributed by atoms with Crippen molar-refractivity contribution in [3.8, 4) is 0 Å². The molecule has 22 heavy (non-hydrogen) atoms. The lowest BCUT2D eigenvalue weighted by Gasteiger charge is -2.20. The van der Waals surface area contributed by atoms with Gasteiger partial charge in [0.2, 0.25) is 0 Å². The fourth-order valence-electron chi connectivity index (χ4n) is 2.34. The van der Waals surface area contributed by atoms with Crippen molar-refractivity contribution in [2.75, 3.05) is 0 Å². The quantitative estimate of drug-likeness (QED) is 0.872. The van der Waals surface area contributed by atoms with Gasteiger partial charge in [0.25, 0.3) is 5.91 Å². The molecule has 0 unspecified atom stereocenters. The second kappa shape index (κ2) is 6.13. The van der Waals surface area contributed by atoms with Crippen LogP contribution in [-0.2, 0) is 11.8 Å². The van der Waals surface area contributed by atoms with Crippen molar-refractivity contribution >= 4 is 22.9 Å². The van der Waals surface area contributed by atoms with Crippen molar-refractivity contribution in [1.29, 1.82) is 0 Å². The van der Waals surface area contributed by atoms with E-state index in [1.165, 1.54) is 6.20 Å². The topological polar surface area (TPSA) is 97.1 Å².